The van der Waals surface area contributed by atoms with E-state index in [1.807, 2.05) is 13.0 Å². The first-order valence-corrected chi connectivity index (χ1v) is 5.90. The number of non-ortho nitro benzene ring substituents is 1. The zero-order chi connectivity index (χ0) is 13.1. The fourth-order valence-corrected chi connectivity index (χ4v) is 2.37. The van der Waals surface area contributed by atoms with Gasteiger partial charge in [0.05, 0.1) is 21.8 Å². The molecule has 0 radical (unpaired) electrons. The molecule has 0 amide bonds. The van der Waals surface area contributed by atoms with Crippen LogP contribution in [0, 0.1) is 17.0 Å². The van der Waals surface area contributed by atoms with E-state index < -0.39 is 4.92 Å². The van der Waals surface area contributed by atoms with Gasteiger partial charge in [0.25, 0.3) is 5.69 Å². The van der Waals surface area contributed by atoms with E-state index in [1.165, 1.54) is 23.9 Å². The van der Waals surface area contributed by atoms with Crippen molar-refractivity contribution in [1.29, 1.82) is 0 Å². The molecule has 3 N–H and O–H groups in total. The van der Waals surface area contributed by atoms with Gasteiger partial charge in [-0.15, -0.1) is 0 Å². The topological polar surface area (TPSA) is 94.3 Å². The Morgan fingerprint density at radius 3 is 2.78 bits per heavy atom. The van der Waals surface area contributed by atoms with E-state index in [2.05, 4.69) is 5.43 Å². The fourth-order valence-electron chi connectivity index (χ4n) is 1.44. The number of benzene rings is 1. The highest BCUT2D eigenvalue weighted by molar-refractivity contribution is 7.99. The van der Waals surface area contributed by atoms with E-state index in [4.69, 9.17) is 10.3 Å². The summed E-state index contributed by atoms with van der Waals surface area (Å²) in [5.74, 6) is 6.06. The molecular formula is C11H11N3O3S. The number of hydrazine groups is 1. The summed E-state index contributed by atoms with van der Waals surface area (Å²) in [6.07, 6.45) is 1.58. The molecule has 0 atom stereocenters. The highest BCUT2D eigenvalue weighted by Crippen LogP contribution is 2.34. The first kappa shape index (κ1) is 12.5. The standard InChI is InChI=1S/C11H11N3O3S/c1-7-11(2-3-17-7)18-10-5-8(13-12)4-9(6-10)14(15)16/h2-6,13H,12H2,1H3. The van der Waals surface area contributed by atoms with Crippen molar-refractivity contribution in [2.24, 2.45) is 5.84 Å². The third kappa shape index (κ3) is 2.63. The monoisotopic (exact) mass is 265 g/mol. The quantitative estimate of drug-likeness (QED) is 0.501. The molecule has 6 nitrogen and oxygen atoms in total. The number of anilines is 1. The number of hydrogen-bond donors (Lipinski definition) is 2. The van der Waals surface area contributed by atoms with Crippen molar-refractivity contribution in [3.05, 3.63) is 46.4 Å². The smallest absolute Gasteiger partial charge is 0.272 e. The molecular weight excluding hydrogens is 254 g/mol. The zero-order valence-electron chi connectivity index (χ0n) is 9.54. The average molecular weight is 265 g/mol. The SMILES string of the molecule is Cc1occc1Sc1cc(NN)cc([N+](=O)[O-])c1. The first-order valence-electron chi connectivity index (χ1n) is 5.08. The van der Waals surface area contributed by atoms with Crippen LogP contribution in [-0.4, -0.2) is 4.92 Å². The first-order chi connectivity index (χ1) is 8.60. The van der Waals surface area contributed by atoms with Crippen LogP contribution in [0.1, 0.15) is 5.76 Å². The number of rotatable bonds is 4. The summed E-state index contributed by atoms with van der Waals surface area (Å²) in [6, 6.07) is 6.43. The van der Waals surface area contributed by atoms with Gasteiger partial charge in [0.2, 0.25) is 0 Å². The van der Waals surface area contributed by atoms with Crippen molar-refractivity contribution < 1.29 is 9.34 Å². The highest BCUT2D eigenvalue weighted by atomic mass is 32.2. The van der Waals surface area contributed by atoms with Crippen LogP contribution in [0.2, 0.25) is 0 Å². The second-order valence-corrected chi connectivity index (χ2v) is 4.68. The number of nitrogen functional groups attached to an aromatic ring is 1. The molecule has 0 bridgehead atoms. The number of furan rings is 1. The van der Waals surface area contributed by atoms with Crippen LogP contribution < -0.4 is 11.3 Å². The lowest BCUT2D eigenvalue weighted by atomic mass is 10.3. The third-order valence-corrected chi connectivity index (χ3v) is 3.42. The summed E-state index contributed by atoms with van der Waals surface area (Å²) in [4.78, 5) is 12.0. The molecule has 0 spiro atoms. The van der Waals surface area contributed by atoms with Gasteiger partial charge in [0.1, 0.15) is 5.76 Å². The molecule has 1 aromatic carbocycles. The van der Waals surface area contributed by atoms with Gasteiger partial charge >= 0.3 is 0 Å². The molecule has 7 heteroatoms. The molecule has 0 aliphatic carbocycles. The lowest BCUT2D eigenvalue weighted by molar-refractivity contribution is -0.385. The summed E-state index contributed by atoms with van der Waals surface area (Å²) in [5.41, 5.74) is 2.90. The largest absolute Gasteiger partial charge is 0.468 e. The Morgan fingerprint density at radius 1 is 1.44 bits per heavy atom. The Hall–Kier alpha value is -1.99. The van der Waals surface area contributed by atoms with E-state index >= 15 is 0 Å². The number of nitrogens with two attached hydrogens (primary N) is 1. The normalized spacial score (nSPS) is 10.3. The number of hydrogen-bond acceptors (Lipinski definition) is 6. The van der Waals surface area contributed by atoms with E-state index in [0.29, 0.717) is 5.69 Å². The molecule has 0 saturated heterocycles. The lowest BCUT2D eigenvalue weighted by Gasteiger charge is -2.04. The van der Waals surface area contributed by atoms with Crippen LogP contribution in [0.25, 0.3) is 0 Å². The molecule has 0 unspecified atom stereocenters. The molecule has 2 aromatic rings. The number of aryl methyl sites for hydroxylation is 1. The van der Waals surface area contributed by atoms with Gasteiger partial charge in [-0.25, -0.2) is 0 Å². The van der Waals surface area contributed by atoms with Gasteiger partial charge in [-0.05, 0) is 19.1 Å². The Balaban J connectivity index is 2.35. The number of nitro groups is 1. The van der Waals surface area contributed by atoms with Crippen LogP contribution in [0.3, 0.4) is 0 Å². The summed E-state index contributed by atoms with van der Waals surface area (Å²) in [5, 5.41) is 10.8. The minimum absolute atomic E-state index is 0.00546. The Kier molecular flexibility index (Phi) is 3.54. The van der Waals surface area contributed by atoms with Gasteiger partial charge in [0, 0.05) is 17.0 Å². The predicted octanol–water partition coefficient (Wildman–Crippen LogP) is 2.93. The molecule has 1 aromatic heterocycles. The average Bonchev–Trinajstić information content (AvgIpc) is 2.74. The van der Waals surface area contributed by atoms with Crippen LogP contribution in [0.4, 0.5) is 11.4 Å². The minimum atomic E-state index is -0.451. The summed E-state index contributed by atoms with van der Waals surface area (Å²) in [6.45, 7) is 1.84. The molecule has 94 valence electrons. The molecule has 2 rings (SSSR count). The molecule has 0 aliphatic rings. The fraction of sp³-hybridized carbons (Fsp3) is 0.0909. The van der Waals surface area contributed by atoms with E-state index in [9.17, 15) is 10.1 Å². The van der Waals surface area contributed by atoms with Gasteiger partial charge in [-0.1, -0.05) is 11.8 Å². The maximum absolute atomic E-state index is 10.8. The van der Waals surface area contributed by atoms with Gasteiger partial charge in [-0.3, -0.25) is 16.0 Å². The van der Waals surface area contributed by atoms with Crippen molar-refractivity contribution in [1.82, 2.24) is 0 Å². The number of nitro benzene ring substituents is 1. The van der Waals surface area contributed by atoms with Gasteiger partial charge in [0.15, 0.2) is 0 Å². The van der Waals surface area contributed by atoms with Gasteiger partial charge < -0.3 is 9.84 Å². The van der Waals surface area contributed by atoms with Crippen LogP contribution in [-0.2, 0) is 0 Å². The van der Waals surface area contributed by atoms with Crippen molar-refractivity contribution >= 4 is 23.1 Å². The maximum Gasteiger partial charge on any atom is 0.272 e. The summed E-state index contributed by atoms with van der Waals surface area (Å²) < 4.78 is 5.18. The van der Waals surface area contributed by atoms with Crippen molar-refractivity contribution in [2.45, 2.75) is 16.7 Å². The maximum atomic E-state index is 10.8. The van der Waals surface area contributed by atoms with E-state index in [-0.39, 0.29) is 5.69 Å². The number of nitrogens with one attached hydrogen (secondary N) is 1. The zero-order valence-corrected chi connectivity index (χ0v) is 10.4. The summed E-state index contributed by atoms with van der Waals surface area (Å²) >= 11 is 1.39. The second kappa shape index (κ2) is 5.11. The molecule has 0 saturated carbocycles. The lowest BCUT2D eigenvalue weighted by Crippen LogP contribution is -2.07. The molecule has 0 fully saturated rings. The highest BCUT2D eigenvalue weighted by Gasteiger charge is 2.11. The minimum Gasteiger partial charge on any atom is -0.468 e. The Bertz CT molecular complexity index is 583. The van der Waals surface area contributed by atoms with E-state index in [1.54, 1.807) is 12.3 Å². The molecule has 1 heterocycles. The third-order valence-electron chi connectivity index (χ3n) is 2.31. The predicted molar refractivity (Wildman–Crippen MR) is 68.5 cm³/mol. The van der Waals surface area contributed by atoms with Gasteiger partial charge in [-0.2, -0.15) is 0 Å². The van der Waals surface area contributed by atoms with E-state index in [0.717, 1.165) is 15.6 Å². The molecule has 0 aliphatic heterocycles. The van der Waals surface area contributed by atoms with Crippen LogP contribution >= 0.6 is 11.8 Å². The summed E-state index contributed by atoms with van der Waals surface area (Å²) in [7, 11) is 0. The Morgan fingerprint density at radius 2 is 2.22 bits per heavy atom. The molecule has 18 heavy (non-hydrogen) atoms. The van der Waals surface area contributed by atoms with Crippen LogP contribution in [0.5, 0.6) is 0 Å². The number of nitrogens with zero attached hydrogens (tertiary/aromatic N) is 1. The van der Waals surface area contributed by atoms with Crippen LogP contribution in [0.15, 0.2) is 44.7 Å². The van der Waals surface area contributed by atoms with Crippen molar-refractivity contribution in [3.8, 4) is 0 Å². The van der Waals surface area contributed by atoms with Crippen molar-refractivity contribution in [3.63, 3.8) is 0 Å². The van der Waals surface area contributed by atoms with Crippen molar-refractivity contribution in [2.75, 3.05) is 5.43 Å². The Labute approximate surface area is 107 Å². The second-order valence-electron chi connectivity index (χ2n) is 3.56.